The molecule has 0 heterocycles. The largest absolute Gasteiger partial charge is 0.497 e. The standard InChI is InChI=1S/C18H30O2/c1-4-5-6-7-8-9-10-11-12-16-13-17(19-2)15-18(14-16)20-3/h13-15H,4-12H2,1-3H3. The molecule has 0 bridgehead atoms. The Balaban J connectivity index is 2.21. The SMILES string of the molecule is CCCCCCCCCCc1cc(OC)cc(OC)c1. The fraction of sp³-hybridized carbons (Fsp3) is 0.667. The van der Waals surface area contributed by atoms with E-state index >= 15 is 0 Å². The Labute approximate surface area is 124 Å². The fourth-order valence-corrected chi connectivity index (χ4v) is 2.47. The van der Waals surface area contributed by atoms with Crippen molar-refractivity contribution in [3.05, 3.63) is 23.8 Å². The van der Waals surface area contributed by atoms with Gasteiger partial charge in [-0.2, -0.15) is 0 Å². The highest BCUT2D eigenvalue weighted by molar-refractivity contribution is 5.38. The molecule has 0 saturated carbocycles. The van der Waals surface area contributed by atoms with E-state index in [1.807, 2.05) is 6.07 Å². The van der Waals surface area contributed by atoms with Crippen molar-refractivity contribution in [2.45, 2.75) is 64.7 Å². The molecule has 1 rings (SSSR count). The highest BCUT2D eigenvalue weighted by Gasteiger charge is 2.02. The Morgan fingerprint density at radius 1 is 0.700 bits per heavy atom. The van der Waals surface area contributed by atoms with Crippen molar-refractivity contribution in [2.75, 3.05) is 14.2 Å². The van der Waals surface area contributed by atoms with Crippen LogP contribution in [0, 0.1) is 0 Å². The average molecular weight is 278 g/mol. The lowest BCUT2D eigenvalue weighted by Crippen LogP contribution is -1.92. The first-order valence-corrected chi connectivity index (χ1v) is 8.02. The van der Waals surface area contributed by atoms with Gasteiger partial charge >= 0.3 is 0 Å². The summed E-state index contributed by atoms with van der Waals surface area (Å²) in [5.41, 5.74) is 1.31. The minimum atomic E-state index is 0.888. The van der Waals surface area contributed by atoms with Gasteiger partial charge in [0.1, 0.15) is 11.5 Å². The molecule has 2 nitrogen and oxygen atoms in total. The molecule has 0 spiro atoms. The van der Waals surface area contributed by atoms with Crippen LogP contribution >= 0.6 is 0 Å². The quantitative estimate of drug-likeness (QED) is 0.505. The molecule has 0 unspecified atom stereocenters. The molecule has 0 radical (unpaired) electrons. The van der Waals surface area contributed by atoms with Crippen LogP contribution in [0.25, 0.3) is 0 Å². The monoisotopic (exact) mass is 278 g/mol. The second kappa shape index (κ2) is 10.6. The lowest BCUT2D eigenvalue weighted by atomic mass is 10.0. The highest BCUT2D eigenvalue weighted by atomic mass is 16.5. The van der Waals surface area contributed by atoms with Crippen molar-refractivity contribution in [1.29, 1.82) is 0 Å². The van der Waals surface area contributed by atoms with E-state index < -0.39 is 0 Å². The van der Waals surface area contributed by atoms with Crippen LogP contribution in [0.5, 0.6) is 11.5 Å². The third-order valence-electron chi connectivity index (χ3n) is 3.73. The van der Waals surface area contributed by atoms with E-state index in [4.69, 9.17) is 9.47 Å². The van der Waals surface area contributed by atoms with Gasteiger partial charge in [0.2, 0.25) is 0 Å². The number of hydrogen-bond acceptors (Lipinski definition) is 2. The molecule has 0 aromatic heterocycles. The Morgan fingerprint density at radius 3 is 1.70 bits per heavy atom. The number of unbranched alkanes of at least 4 members (excludes halogenated alkanes) is 7. The lowest BCUT2D eigenvalue weighted by molar-refractivity contribution is 0.393. The van der Waals surface area contributed by atoms with Crippen molar-refractivity contribution in [2.24, 2.45) is 0 Å². The number of benzene rings is 1. The molecule has 2 heteroatoms. The Hall–Kier alpha value is -1.18. The minimum absolute atomic E-state index is 0.888. The van der Waals surface area contributed by atoms with E-state index in [9.17, 15) is 0 Å². The first-order valence-electron chi connectivity index (χ1n) is 8.02. The maximum atomic E-state index is 5.30. The van der Waals surface area contributed by atoms with Gasteiger partial charge in [0.15, 0.2) is 0 Å². The molecular formula is C18H30O2. The summed E-state index contributed by atoms with van der Waals surface area (Å²) in [5.74, 6) is 1.78. The summed E-state index contributed by atoms with van der Waals surface area (Å²) in [7, 11) is 3.41. The van der Waals surface area contributed by atoms with Crippen LogP contribution in [-0.2, 0) is 6.42 Å². The van der Waals surface area contributed by atoms with Gasteiger partial charge in [-0.25, -0.2) is 0 Å². The van der Waals surface area contributed by atoms with Crippen molar-refractivity contribution in [3.63, 3.8) is 0 Å². The van der Waals surface area contributed by atoms with E-state index in [1.54, 1.807) is 14.2 Å². The van der Waals surface area contributed by atoms with E-state index in [2.05, 4.69) is 19.1 Å². The molecule has 1 aromatic carbocycles. The minimum Gasteiger partial charge on any atom is -0.497 e. The van der Waals surface area contributed by atoms with Crippen LogP contribution < -0.4 is 9.47 Å². The van der Waals surface area contributed by atoms with E-state index in [-0.39, 0.29) is 0 Å². The molecule has 1 aromatic rings. The smallest absolute Gasteiger partial charge is 0.122 e. The van der Waals surface area contributed by atoms with Crippen LogP contribution in [0.1, 0.15) is 63.9 Å². The first kappa shape index (κ1) is 16.9. The lowest BCUT2D eigenvalue weighted by Gasteiger charge is -2.08. The van der Waals surface area contributed by atoms with Gasteiger partial charge < -0.3 is 9.47 Å². The number of rotatable bonds is 11. The predicted octanol–water partition coefficient (Wildman–Crippen LogP) is 5.39. The summed E-state index contributed by atoms with van der Waals surface area (Å²) in [4.78, 5) is 0. The molecule has 0 aliphatic heterocycles. The number of aryl methyl sites for hydroxylation is 1. The summed E-state index contributed by atoms with van der Waals surface area (Å²) in [5, 5.41) is 0. The van der Waals surface area contributed by atoms with Gasteiger partial charge in [0.25, 0.3) is 0 Å². The second-order valence-corrected chi connectivity index (χ2v) is 5.45. The van der Waals surface area contributed by atoms with Crippen LogP contribution in [0.15, 0.2) is 18.2 Å². The van der Waals surface area contributed by atoms with Gasteiger partial charge in [-0.05, 0) is 30.5 Å². The molecule has 0 atom stereocenters. The number of ether oxygens (including phenoxy) is 2. The first-order chi connectivity index (χ1) is 9.80. The Morgan fingerprint density at radius 2 is 1.20 bits per heavy atom. The molecule has 0 N–H and O–H groups in total. The zero-order chi connectivity index (χ0) is 14.6. The fourth-order valence-electron chi connectivity index (χ4n) is 2.47. The van der Waals surface area contributed by atoms with Gasteiger partial charge in [0, 0.05) is 6.07 Å². The molecule has 0 aliphatic rings. The normalized spacial score (nSPS) is 10.6. The molecule has 0 aliphatic carbocycles. The Kier molecular flexibility index (Phi) is 8.93. The Bertz CT molecular complexity index is 338. The van der Waals surface area contributed by atoms with Crippen LogP contribution in [0.2, 0.25) is 0 Å². The van der Waals surface area contributed by atoms with Crippen LogP contribution in [0.4, 0.5) is 0 Å². The zero-order valence-corrected chi connectivity index (χ0v) is 13.4. The van der Waals surface area contributed by atoms with E-state index in [0.29, 0.717) is 0 Å². The predicted molar refractivity (Wildman–Crippen MR) is 85.9 cm³/mol. The highest BCUT2D eigenvalue weighted by Crippen LogP contribution is 2.23. The summed E-state index contributed by atoms with van der Waals surface area (Å²) < 4.78 is 10.6. The van der Waals surface area contributed by atoms with E-state index in [1.165, 1.54) is 56.9 Å². The summed E-state index contributed by atoms with van der Waals surface area (Å²) in [6.45, 7) is 2.27. The van der Waals surface area contributed by atoms with Crippen LogP contribution in [-0.4, -0.2) is 14.2 Å². The molecule has 20 heavy (non-hydrogen) atoms. The number of methoxy groups -OCH3 is 2. The third kappa shape index (κ3) is 6.83. The van der Waals surface area contributed by atoms with Crippen molar-refractivity contribution in [3.8, 4) is 11.5 Å². The summed E-state index contributed by atoms with van der Waals surface area (Å²) in [6, 6.07) is 6.16. The molecule has 0 fully saturated rings. The molecular weight excluding hydrogens is 248 g/mol. The van der Waals surface area contributed by atoms with Gasteiger partial charge in [-0.3, -0.25) is 0 Å². The summed E-state index contributed by atoms with van der Waals surface area (Å²) in [6.07, 6.45) is 12.0. The van der Waals surface area contributed by atoms with Crippen molar-refractivity contribution < 1.29 is 9.47 Å². The van der Waals surface area contributed by atoms with Crippen LogP contribution in [0.3, 0.4) is 0 Å². The van der Waals surface area contributed by atoms with Crippen molar-refractivity contribution in [1.82, 2.24) is 0 Å². The molecule has 114 valence electrons. The van der Waals surface area contributed by atoms with Gasteiger partial charge in [-0.15, -0.1) is 0 Å². The second-order valence-electron chi connectivity index (χ2n) is 5.45. The van der Waals surface area contributed by atoms with Gasteiger partial charge in [0.05, 0.1) is 14.2 Å². The van der Waals surface area contributed by atoms with Crippen molar-refractivity contribution >= 4 is 0 Å². The third-order valence-corrected chi connectivity index (χ3v) is 3.73. The maximum Gasteiger partial charge on any atom is 0.122 e. The molecule has 0 saturated heterocycles. The topological polar surface area (TPSA) is 18.5 Å². The summed E-state index contributed by atoms with van der Waals surface area (Å²) >= 11 is 0. The van der Waals surface area contributed by atoms with E-state index in [0.717, 1.165) is 17.9 Å². The zero-order valence-electron chi connectivity index (χ0n) is 13.4. The maximum absolute atomic E-state index is 5.30. The molecule has 0 amide bonds. The number of hydrogen-bond donors (Lipinski definition) is 0. The average Bonchev–Trinajstić information content (AvgIpc) is 2.49. The van der Waals surface area contributed by atoms with Gasteiger partial charge in [-0.1, -0.05) is 51.9 Å².